The van der Waals surface area contributed by atoms with Crippen LogP contribution in [0, 0.1) is 5.82 Å². The largest absolute Gasteiger partial charge is 0.274 e. The highest BCUT2D eigenvalue weighted by Gasteiger charge is 2.23. The Morgan fingerprint density at radius 2 is 1.61 bits per heavy atom. The first-order valence-corrected chi connectivity index (χ1v) is 11.2. The zero-order valence-electron chi connectivity index (χ0n) is 18.2. The molecule has 0 saturated carbocycles. The molecule has 0 atom stereocenters. The zero-order chi connectivity index (χ0) is 22.4. The monoisotopic (exact) mass is 435 g/mol. The van der Waals surface area contributed by atoms with Gasteiger partial charge in [-0.2, -0.15) is 4.52 Å². The maximum absolute atomic E-state index is 14.4. The molecule has 6 heteroatoms. The number of unbranched alkanes of at least 4 members (excludes halogenated alkanes) is 1. The van der Waals surface area contributed by atoms with Gasteiger partial charge in [0.05, 0.1) is 16.9 Å². The standard InChI is InChI=1S/C27H22FN5/c1-2-3-14-22-27-32-25(19-12-8-5-9-13-19)24(18-10-6-4-7-11-18)29-26(32)21-17-20(28)15-16-23(21)33(27)31-30-22/h4-13,15-17H,2-3,14H2,1H3. The molecule has 33 heavy (non-hydrogen) atoms. The molecular formula is C27H22FN5. The van der Waals surface area contributed by atoms with Gasteiger partial charge in [-0.1, -0.05) is 79.2 Å². The van der Waals surface area contributed by atoms with E-state index in [-0.39, 0.29) is 5.82 Å². The fourth-order valence-corrected chi connectivity index (χ4v) is 4.54. The highest BCUT2D eigenvalue weighted by Crippen LogP contribution is 2.37. The van der Waals surface area contributed by atoms with Crippen LogP contribution in [0.25, 0.3) is 44.7 Å². The lowest BCUT2D eigenvalue weighted by Crippen LogP contribution is -2.02. The summed E-state index contributed by atoms with van der Waals surface area (Å²) in [6, 6.07) is 25.1. The van der Waals surface area contributed by atoms with Gasteiger partial charge in [0.1, 0.15) is 17.2 Å². The maximum atomic E-state index is 14.4. The third-order valence-corrected chi connectivity index (χ3v) is 6.09. The molecule has 6 aromatic rings. The van der Waals surface area contributed by atoms with E-state index in [1.807, 2.05) is 40.9 Å². The minimum Gasteiger partial charge on any atom is -0.274 e. The smallest absolute Gasteiger partial charge is 0.166 e. The van der Waals surface area contributed by atoms with Crippen LogP contribution in [0.2, 0.25) is 0 Å². The molecule has 3 aromatic heterocycles. The number of halogens is 1. The van der Waals surface area contributed by atoms with Crippen molar-refractivity contribution in [2.75, 3.05) is 0 Å². The Bertz CT molecular complexity index is 1600. The summed E-state index contributed by atoms with van der Waals surface area (Å²) in [5, 5.41) is 9.74. The number of benzene rings is 3. The summed E-state index contributed by atoms with van der Waals surface area (Å²) in [5.74, 6) is -0.305. The lowest BCUT2D eigenvalue weighted by Gasteiger charge is -2.10. The fraction of sp³-hybridized carbons (Fsp3) is 0.148. The van der Waals surface area contributed by atoms with E-state index in [1.54, 1.807) is 6.07 Å². The Morgan fingerprint density at radius 3 is 2.33 bits per heavy atom. The van der Waals surface area contributed by atoms with E-state index in [1.165, 1.54) is 12.1 Å². The van der Waals surface area contributed by atoms with Crippen molar-refractivity contribution < 1.29 is 4.39 Å². The van der Waals surface area contributed by atoms with Gasteiger partial charge in [-0.3, -0.25) is 4.40 Å². The molecule has 0 fully saturated rings. The molecule has 0 unspecified atom stereocenters. The Morgan fingerprint density at radius 1 is 0.879 bits per heavy atom. The van der Waals surface area contributed by atoms with E-state index in [0.29, 0.717) is 11.0 Å². The molecular weight excluding hydrogens is 413 g/mol. The number of aromatic nitrogens is 5. The average molecular weight is 436 g/mol. The number of hydrogen-bond acceptors (Lipinski definition) is 3. The molecule has 0 bridgehead atoms. The van der Waals surface area contributed by atoms with Gasteiger partial charge in [0.2, 0.25) is 0 Å². The van der Waals surface area contributed by atoms with Crippen LogP contribution in [-0.4, -0.2) is 24.2 Å². The molecule has 0 saturated heterocycles. The van der Waals surface area contributed by atoms with E-state index in [4.69, 9.17) is 4.98 Å². The molecule has 0 aliphatic heterocycles. The quantitative estimate of drug-likeness (QED) is 0.317. The van der Waals surface area contributed by atoms with E-state index >= 15 is 0 Å². The van der Waals surface area contributed by atoms with Crippen molar-refractivity contribution in [3.63, 3.8) is 0 Å². The SMILES string of the molecule is CCCCc1nnn2c3ccc(F)cc3c3nc(-c4ccccc4)c(-c4ccccc4)n3c12. The molecule has 0 N–H and O–H groups in total. The first kappa shape index (κ1) is 19.6. The molecule has 162 valence electrons. The number of nitrogens with zero attached hydrogens (tertiary/aromatic N) is 5. The van der Waals surface area contributed by atoms with Gasteiger partial charge >= 0.3 is 0 Å². The molecule has 0 radical (unpaired) electrons. The van der Waals surface area contributed by atoms with Crippen molar-refractivity contribution >= 4 is 22.2 Å². The van der Waals surface area contributed by atoms with Crippen molar-refractivity contribution in [3.8, 4) is 22.5 Å². The highest BCUT2D eigenvalue weighted by molar-refractivity contribution is 5.98. The van der Waals surface area contributed by atoms with E-state index in [9.17, 15) is 4.39 Å². The second kappa shape index (κ2) is 7.81. The number of fused-ring (bicyclic) bond motifs is 6. The zero-order valence-corrected chi connectivity index (χ0v) is 18.2. The van der Waals surface area contributed by atoms with Crippen molar-refractivity contribution in [1.29, 1.82) is 0 Å². The topological polar surface area (TPSA) is 47.5 Å². The Labute approximate surface area is 190 Å². The number of imidazole rings is 1. The molecule has 6 rings (SSSR count). The molecule has 3 aromatic carbocycles. The predicted octanol–water partition coefficient (Wildman–Crippen LogP) is 6.35. The minimum atomic E-state index is -0.305. The maximum Gasteiger partial charge on any atom is 0.166 e. The highest BCUT2D eigenvalue weighted by atomic mass is 19.1. The van der Waals surface area contributed by atoms with Crippen LogP contribution in [0.3, 0.4) is 0 Å². The van der Waals surface area contributed by atoms with E-state index in [2.05, 4.69) is 45.9 Å². The van der Waals surface area contributed by atoms with Crippen LogP contribution in [-0.2, 0) is 6.42 Å². The number of rotatable bonds is 5. The van der Waals surface area contributed by atoms with Crippen molar-refractivity contribution in [2.45, 2.75) is 26.2 Å². The average Bonchev–Trinajstić information content (AvgIpc) is 3.46. The van der Waals surface area contributed by atoms with E-state index < -0.39 is 0 Å². The summed E-state index contributed by atoms with van der Waals surface area (Å²) in [7, 11) is 0. The third-order valence-electron chi connectivity index (χ3n) is 6.09. The number of hydrogen-bond donors (Lipinski definition) is 0. The van der Waals surface area contributed by atoms with Crippen LogP contribution < -0.4 is 0 Å². The summed E-state index contributed by atoms with van der Waals surface area (Å²) >= 11 is 0. The predicted molar refractivity (Wildman–Crippen MR) is 129 cm³/mol. The van der Waals surface area contributed by atoms with Gasteiger partial charge in [-0.25, -0.2) is 9.37 Å². The fourth-order valence-electron chi connectivity index (χ4n) is 4.54. The van der Waals surface area contributed by atoms with Crippen molar-refractivity contribution in [3.05, 3.63) is 90.4 Å². The van der Waals surface area contributed by atoms with Crippen molar-refractivity contribution in [2.24, 2.45) is 0 Å². The molecule has 0 aliphatic rings. The summed E-state index contributed by atoms with van der Waals surface area (Å²) in [5.41, 5.74) is 7.13. The van der Waals surface area contributed by atoms with Crippen molar-refractivity contribution in [1.82, 2.24) is 24.2 Å². The normalized spacial score (nSPS) is 11.7. The van der Waals surface area contributed by atoms with Gasteiger partial charge in [-0.15, -0.1) is 5.10 Å². The summed E-state index contributed by atoms with van der Waals surface area (Å²) in [6.45, 7) is 2.17. The van der Waals surface area contributed by atoms with Crippen LogP contribution in [0.15, 0.2) is 78.9 Å². The number of aryl methyl sites for hydroxylation is 1. The van der Waals surface area contributed by atoms with Gasteiger partial charge in [0.15, 0.2) is 5.65 Å². The van der Waals surface area contributed by atoms with E-state index in [0.717, 1.165) is 58.6 Å². The van der Waals surface area contributed by atoms with Crippen LogP contribution in [0.1, 0.15) is 25.5 Å². The van der Waals surface area contributed by atoms with Crippen LogP contribution in [0.5, 0.6) is 0 Å². The molecule has 0 aliphatic carbocycles. The molecule has 3 heterocycles. The van der Waals surface area contributed by atoms with Crippen LogP contribution in [0.4, 0.5) is 4.39 Å². The second-order valence-electron chi connectivity index (χ2n) is 8.24. The molecule has 0 amide bonds. The van der Waals surface area contributed by atoms with Gasteiger partial charge < -0.3 is 0 Å². The Balaban J connectivity index is 1.85. The minimum absolute atomic E-state index is 0.305. The second-order valence-corrected chi connectivity index (χ2v) is 8.24. The molecule has 5 nitrogen and oxygen atoms in total. The first-order valence-electron chi connectivity index (χ1n) is 11.2. The van der Waals surface area contributed by atoms with Gasteiger partial charge in [-0.05, 0) is 31.0 Å². The summed E-state index contributed by atoms with van der Waals surface area (Å²) < 4.78 is 18.4. The summed E-state index contributed by atoms with van der Waals surface area (Å²) in [4.78, 5) is 5.11. The first-order chi connectivity index (χ1) is 16.3. The lowest BCUT2D eigenvalue weighted by atomic mass is 10.0. The lowest BCUT2D eigenvalue weighted by molar-refractivity contribution is 0.629. The third kappa shape index (κ3) is 3.09. The Hall–Kier alpha value is -4.06. The van der Waals surface area contributed by atoms with Gasteiger partial charge in [0, 0.05) is 16.5 Å². The summed E-state index contributed by atoms with van der Waals surface area (Å²) in [6.07, 6.45) is 2.89. The Kier molecular flexibility index (Phi) is 4.64. The van der Waals surface area contributed by atoms with Gasteiger partial charge in [0.25, 0.3) is 0 Å². The van der Waals surface area contributed by atoms with Crippen LogP contribution >= 0.6 is 0 Å². The molecule has 0 spiro atoms.